The Kier molecular flexibility index (Phi) is 5.33. The number of hydrogen-bond donors (Lipinski definition) is 1. The maximum Gasteiger partial charge on any atom is 0.418 e. The Morgan fingerprint density at radius 3 is 2.50 bits per heavy atom. The highest BCUT2D eigenvalue weighted by molar-refractivity contribution is 6.01. The summed E-state index contributed by atoms with van der Waals surface area (Å²) in [5, 5.41) is 10.0. The van der Waals surface area contributed by atoms with Crippen molar-refractivity contribution >= 4 is 11.5 Å². The van der Waals surface area contributed by atoms with E-state index < -0.39 is 17.7 Å². The van der Waals surface area contributed by atoms with Gasteiger partial charge in [0.2, 0.25) is 0 Å². The molecule has 0 unspecified atom stereocenters. The maximum absolute atomic E-state index is 13.8. The highest BCUT2D eigenvalue weighted by atomic mass is 19.4. The van der Waals surface area contributed by atoms with Gasteiger partial charge in [0, 0.05) is 17.7 Å². The van der Waals surface area contributed by atoms with Crippen LogP contribution in [0.3, 0.4) is 0 Å². The first-order valence-electron chi connectivity index (χ1n) is 10.3. The first-order valence-corrected chi connectivity index (χ1v) is 10.3. The molecule has 0 radical (unpaired) electrons. The molecule has 2 aromatic rings. The van der Waals surface area contributed by atoms with E-state index in [1.165, 1.54) is 23.1 Å². The molecule has 1 aliphatic carbocycles. The molecule has 2 aliphatic rings. The predicted octanol–water partition coefficient (Wildman–Crippen LogP) is 5.63. The number of hydrogen-bond acceptors (Lipinski definition) is 4. The van der Waals surface area contributed by atoms with Crippen molar-refractivity contribution in [2.24, 2.45) is 5.73 Å². The lowest BCUT2D eigenvalue weighted by Gasteiger charge is -2.40. The number of halogens is 3. The number of anilines is 1. The van der Waals surface area contributed by atoms with Gasteiger partial charge >= 0.3 is 6.18 Å². The summed E-state index contributed by atoms with van der Waals surface area (Å²) in [6.45, 7) is 3.84. The number of nitrogens with zero attached hydrogens (tertiary/aromatic N) is 2. The second kappa shape index (κ2) is 7.86. The van der Waals surface area contributed by atoms with Gasteiger partial charge in [-0.2, -0.15) is 18.4 Å². The fraction of sp³-hybridized carbons (Fsp3) is 0.280. The van der Waals surface area contributed by atoms with Crippen LogP contribution in [0.15, 0.2) is 65.1 Å². The van der Waals surface area contributed by atoms with Crippen molar-refractivity contribution < 1.29 is 18.0 Å². The third-order valence-corrected chi connectivity index (χ3v) is 6.10. The summed E-state index contributed by atoms with van der Waals surface area (Å²) in [4.78, 5) is 14.4. The largest absolute Gasteiger partial charge is 0.418 e. The SMILES string of the molecule is Cc1ccc([C@H]2C(C#N)=C(N)N(c3ccccc3C(F)(F)F)C3=C2C(=O)CCC3)c(C)c1. The van der Waals surface area contributed by atoms with E-state index in [0.29, 0.717) is 24.1 Å². The molecule has 0 bridgehead atoms. The maximum atomic E-state index is 13.8. The van der Waals surface area contributed by atoms with Crippen LogP contribution in [-0.2, 0) is 11.0 Å². The van der Waals surface area contributed by atoms with Crippen LogP contribution in [-0.4, -0.2) is 5.78 Å². The summed E-state index contributed by atoms with van der Waals surface area (Å²) in [7, 11) is 0. The van der Waals surface area contributed by atoms with Crippen molar-refractivity contribution in [3.63, 3.8) is 0 Å². The van der Waals surface area contributed by atoms with E-state index in [9.17, 15) is 23.2 Å². The number of Topliss-reactive ketones (excluding diaryl/α,β-unsaturated/α-hetero) is 1. The molecule has 1 heterocycles. The Balaban J connectivity index is 2.02. The molecule has 164 valence electrons. The molecule has 32 heavy (non-hydrogen) atoms. The third-order valence-electron chi connectivity index (χ3n) is 6.10. The molecule has 0 fully saturated rings. The second-order valence-electron chi connectivity index (χ2n) is 8.19. The summed E-state index contributed by atoms with van der Waals surface area (Å²) in [5.41, 5.74) is 8.95. The van der Waals surface area contributed by atoms with Gasteiger partial charge in [-0.25, -0.2) is 0 Å². The van der Waals surface area contributed by atoms with Crippen LogP contribution < -0.4 is 10.6 Å². The molecule has 0 amide bonds. The van der Waals surface area contributed by atoms with E-state index in [0.717, 1.165) is 22.8 Å². The number of carbonyl (C=O) groups excluding carboxylic acids is 1. The predicted molar refractivity (Wildman–Crippen MR) is 115 cm³/mol. The van der Waals surface area contributed by atoms with Crippen LogP contribution in [0.25, 0.3) is 0 Å². The summed E-state index contributed by atoms with van der Waals surface area (Å²) in [5.74, 6) is -0.925. The van der Waals surface area contributed by atoms with Crippen molar-refractivity contribution in [1.82, 2.24) is 0 Å². The van der Waals surface area contributed by atoms with Crippen LogP contribution in [0.4, 0.5) is 18.9 Å². The number of nitriles is 1. The Bertz CT molecular complexity index is 1220. The van der Waals surface area contributed by atoms with Crippen LogP contribution in [0, 0.1) is 25.2 Å². The summed E-state index contributed by atoms with van der Waals surface area (Å²) >= 11 is 0. The number of benzene rings is 2. The lowest BCUT2D eigenvalue weighted by Crippen LogP contribution is -2.39. The second-order valence-corrected chi connectivity index (χ2v) is 8.19. The number of rotatable bonds is 2. The molecule has 0 spiro atoms. The number of para-hydroxylation sites is 1. The Labute approximate surface area is 184 Å². The van der Waals surface area contributed by atoms with Crippen molar-refractivity contribution in [2.75, 3.05) is 4.90 Å². The van der Waals surface area contributed by atoms with Gasteiger partial charge in [-0.1, -0.05) is 35.9 Å². The Morgan fingerprint density at radius 1 is 1.12 bits per heavy atom. The first-order chi connectivity index (χ1) is 15.1. The normalized spacial score (nSPS) is 19.2. The van der Waals surface area contributed by atoms with E-state index in [1.54, 1.807) is 0 Å². The molecule has 0 saturated heterocycles. The smallest absolute Gasteiger partial charge is 0.384 e. The zero-order valence-corrected chi connectivity index (χ0v) is 17.8. The van der Waals surface area contributed by atoms with Gasteiger partial charge in [-0.15, -0.1) is 0 Å². The van der Waals surface area contributed by atoms with Crippen LogP contribution in [0.5, 0.6) is 0 Å². The van der Waals surface area contributed by atoms with Gasteiger partial charge < -0.3 is 5.73 Å². The van der Waals surface area contributed by atoms with Crippen molar-refractivity contribution in [2.45, 2.75) is 45.2 Å². The zero-order valence-electron chi connectivity index (χ0n) is 17.8. The first kappa shape index (κ1) is 21.7. The summed E-state index contributed by atoms with van der Waals surface area (Å²) in [6.07, 6.45) is -3.42. The van der Waals surface area contributed by atoms with Crippen molar-refractivity contribution in [3.8, 4) is 6.07 Å². The molecule has 2 N–H and O–H groups in total. The molecule has 0 aromatic heterocycles. The van der Waals surface area contributed by atoms with Gasteiger partial charge in [0.25, 0.3) is 0 Å². The molecule has 0 saturated carbocycles. The molecule has 1 aliphatic heterocycles. The quantitative estimate of drug-likeness (QED) is 0.661. The minimum absolute atomic E-state index is 0.0670. The number of ketones is 1. The average molecular weight is 437 g/mol. The van der Waals surface area contributed by atoms with E-state index >= 15 is 0 Å². The van der Waals surface area contributed by atoms with E-state index in [-0.39, 0.29) is 29.3 Å². The topological polar surface area (TPSA) is 70.1 Å². The van der Waals surface area contributed by atoms with Crippen LogP contribution in [0.2, 0.25) is 0 Å². The molecule has 2 aromatic carbocycles. The summed E-state index contributed by atoms with van der Waals surface area (Å²) < 4.78 is 41.4. The highest BCUT2D eigenvalue weighted by Gasteiger charge is 2.43. The van der Waals surface area contributed by atoms with E-state index in [4.69, 9.17) is 5.73 Å². The van der Waals surface area contributed by atoms with Crippen molar-refractivity contribution in [1.29, 1.82) is 5.26 Å². The molecular weight excluding hydrogens is 415 g/mol. The van der Waals surface area contributed by atoms with Gasteiger partial charge in [0.15, 0.2) is 5.78 Å². The number of allylic oxidation sites excluding steroid dienone is 3. The van der Waals surface area contributed by atoms with E-state index in [2.05, 4.69) is 6.07 Å². The molecule has 4 rings (SSSR count). The monoisotopic (exact) mass is 437 g/mol. The minimum atomic E-state index is -4.62. The fourth-order valence-electron chi connectivity index (χ4n) is 4.73. The lowest BCUT2D eigenvalue weighted by atomic mass is 9.74. The molecule has 1 atom stereocenters. The van der Waals surface area contributed by atoms with Gasteiger partial charge in [0.1, 0.15) is 5.82 Å². The van der Waals surface area contributed by atoms with Gasteiger partial charge in [-0.3, -0.25) is 9.69 Å². The highest BCUT2D eigenvalue weighted by Crippen LogP contribution is 2.49. The molecule has 4 nitrogen and oxygen atoms in total. The van der Waals surface area contributed by atoms with Gasteiger partial charge in [-0.05, 0) is 49.9 Å². The van der Waals surface area contributed by atoms with Gasteiger partial charge in [0.05, 0.1) is 28.8 Å². The minimum Gasteiger partial charge on any atom is -0.384 e. The zero-order chi connectivity index (χ0) is 23.2. The third kappa shape index (κ3) is 3.46. The average Bonchev–Trinajstić information content (AvgIpc) is 2.73. The van der Waals surface area contributed by atoms with E-state index in [1.807, 2.05) is 32.0 Å². The Morgan fingerprint density at radius 2 is 1.84 bits per heavy atom. The van der Waals surface area contributed by atoms with Crippen molar-refractivity contribution in [3.05, 3.63) is 87.4 Å². The molecular formula is C25H22F3N3O. The fourth-order valence-corrected chi connectivity index (χ4v) is 4.73. The van der Waals surface area contributed by atoms with Crippen LogP contribution in [0.1, 0.15) is 47.4 Å². The number of alkyl halides is 3. The summed E-state index contributed by atoms with van der Waals surface area (Å²) in [6, 6.07) is 12.9. The molecule has 7 heteroatoms. The standard InChI is InChI=1S/C25H22F3N3O/c1-14-10-11-16(15(2)12-14)22-17(13-29)24(30)31(20-8-5-9-21(32)23(20)22)19-7-4-3-6-18(19)25(26,27)28/h3-4,6-7,10-12,22H,5,8-9,30H2,1-2H3/t22-/m0/s1. The van der Waals surface area contributed by atoms with Crippen LogP contribution >= 0.6 is 0 Å². The number of carbonyl (C=O) groups is 1. The Hall–Kier alpha value is -3.53. The number of nitrogens with two attached hydrogens (primary N) is 1. The lowest BCUT2D eigenvalue weighted by molar-refractivity contribution is -0.137. The number of aryl methyl sites for hydroxylation is 2.